The van der Waals surface area contributed by atoms with Crippen LogP contribution in [0.3, 0.4) is 0 Å². The van der Waals surface area contributed by atoms with E-state index < -0.39 is 0 Å². The number of fused-ring (bicyclic) bond motifs is 3. The Hall–Kier alpha value is -1.13. The van der Waals surface area contributed by atoms with Gasteiger partial charge in [0, 0.05) is 22.4 Å². The molecule has 0 radical (unpaired) electrons. The van der Waals surface area contributed by atoms with E-state index in [2.05, 4.69) is 75.4 Å². The van der Waals surface area contributed by atoms with E-state index in [0.717, 1.165) is 43.2 Å². The molecule has 5 rings (SSSR count). The van der Waals surface area contributed by atoms with Crippen molar-refractivity contribution in [2.24, 2.45) is 0 Å². The fourth-order valence-electron chi connectivity index (χ4n) is 5.21. The van der Waals surface area contributed by atoms with Gasteiger partial charge in [0.25, 0.3) is 0 Å². The summed E-state index contributed by atoms with van der Waals surface area (Å²) in [6, 6.07) is 15.6. The number of rotatable bonds is 1. The molecule has 2 aromatic carbocycles. The second-order valence-electron chi connectivity index (χ2n) is 8.07. The van der Waals surface area contributed by atoms with E-state index in [9.17, 15) is 5.11 Å². The molecule has 1 aliphatic heterocycles. The maximum absolute atomic E-state index is 10.8. The maximum atomic E-state index is 10.8. The predicted molar refractivity (Wildman–Crippen MR) is 117 cm³/mol. The molecule has 2 unspecified atom stereocenters. The van der Waals surface area contributed by atoms with E-state index >= 15 is 0 Å². The molecular weight excluding hydrogens is 422 g/mol. The number of halogens is 2. The molecule has 3 aliphatic rings. The fourth-order valence-corrected chi connectivity index (χ4v) is 5.58. The molecule has 0 amide bonds. The number of benzene rings is 2. The van der Waals surface area contributed by atoms with Gasteiger partial charge in [-0.05, 0) is 66.7 Å². The molecule has 142 valence electrons. The van der Waals surface area contributed by atoms with Crippen molar-refractivity contribution in [3.8, 4) is 0 Å². The minimum Gasteiger partial charge on any atom is -0.391 e. The Kier molecular flexibility index (Phi) is 5.24. The second-order valence-corrected chi connectivity index (χ2v) is 8.98. The predicted octanol–water partition coefficient (Wildman–Crippen LogP) is 4.76. The van der Waals surface area contributed by atoms with E-state index in [0.29, 0.717) is 0 Å². The number of likely N-dealkylation sites (tertiary alicyclic amines) is 1. The topological polar surface area (TPSA) is 23.5 Å². The summed E-state index contributed by atoms with van der Waals surface area (Å²) in [5.74, 6) is 0. The van der Waals surface area contributed by atoms with Gasteiger partial charge >= 0.3 is 0 Å². The standard InChI is InChI=1S/C23H24BrNO.ClH/c24-19-5-6-20-18(13-19)7-8-23(20)9-11-25(12-10-23)21-14-16-3-1-2-4-17(16)15-22(21)26;/h1-8,13,21-22,26H,9-12,14-15H2;1H. The summed E-state index contributed by atoms with van der Waals surface area (Å²) in [5, 5.41) is 10.8. The summed E-state index contributed by atoms with van der Waals surface area (Å²) in [7, 11) is 0. The van der Waals surface area contributed by atoms with Gasteiger partial charge < -0.3 is 5.11 Å². The van der Waals surface area contributed by atoms with Crippen molar-refractivity contribution in [3.63, 3.8) is 0 Å². The minimum atomic E-state index is -0.249. The molecule has 0 aromatic heterocycles. The number of piperidine rings is 1. The SMILES string of the molecule is Cl.OC1Cc2ccccc2CC1N1CCC2(C=Cc3cc(Br)ccc32)CC1. The smallest absolute Gasteiger partial charge is 0.0738 e. The van der Waals surface area contributed by atoms with Crippen LogP contribution in [0.4, 0.5) is 0 Å². The number of allylic oxidation sites excluding steroid dienone is 1. The Bertz CT molecular complexity index is 872. The molecule has 2 aliphatic carbocycles. The van der Waals surface area contributed by atoms with Gasteiger partial charge in [-0.15, -0.1) is 12.4 Å². The van der Waals surface area contributed by atoms with Crippen LogP contribution in [-0.2, 0) is 18.3 Å². The van der Waals surface area contributed by atoms with Crippen molar-refractivity contribution in [2.45, 2.75) is 43.2 Å². The van der Waals surface area contributed by atoms with E-state index in [4.69, 9.17) is 0 Å². The first-order valence-corrected chi connectivity index (χ1v) is 10.4. The van der Waals surface area contributed by atoms with Gasteiger partial charge in [-0.2, -0.15) is 0 Å². The third-order valence-corrected chi connectivity index (χ3v) is 7.21. The molecule has 1 spiro atoms. The zero-order valence-corrected chi connectivity index (χ0v) is 17.7. The van der Waals surface area contributed by atoms with Crippen LogP contribution in [0.5, 0.6) is 0 Å². The lowest BCUT2D eigenvalue weighted by Gasteiger charge is -2.45. The fraction of sp³-hybridized carbons (Fsp3) is 0.391. The molecule has 4 heteroatoms. The summed E-state index contributed by atoms with van der Waals surface area (Å²) >= 11 is 3.59. The number of hydrogen-bond donors (Lipinski definition) is 1. The third-order valence-electron chi connectivity index (χ3n) is 6.71. The van der Waals surface area contributed by atoms with E-state index in [1.54, 1.807) is 0 Å². The van der Waals surface area contributed by atoms with Crippen molar-refractivity contribution < 1.29 is 5.11 Å². The molecule has 2 atom stereocenters. The average molecular weight is 447 g/mol. The third kappa shape index (κ3) is 3.29. The van der Waals surface area contributed by atoms with Crippen molar-refractivity contribution in [2.75, 3.05) is 13.1 Å². The second kappa shape index (κ2) is 7.36. The number of hydrogen-bond acceptors (Lipinski definition) is 2. The zero-order valence-electron chi connectivity index (χ0n) is 15.3. The Morgan fingerprint density at radius 2 is 1.70 bits per heavy atom. The summed E-state index contributed by atoms with van der Waals surface area (Å²) in [5.41, 5.74) is 5.78. The molecule has 1 fully saturated rings. The highest BCUT2D eigenvalue weighted by atomic mass is 79.9. The van der Waals surface area contributed by atoms with Gasteiger partial charge in [-0.3, -0.25) is 4.90 Å². The first-order chi connectivity index (χ1) is 12.6. The minimum absolute atomic E-state index is 0. The molecule has 1 saturated heterocycles. The quantitative estimate of drug-likeness (QED) is 0.683. The van der Waals surface area contributed by atoms with Crippen LogP contribution in [0.25, 0.3) is 6.08 Å². The van der Waals surface area contributed by atoms with Crippen molar-refractivity contribution in [1.29, 1.82) is 0 Å². The Morgan fingerprint density at radius 3 is 2.44 bits per heavy atom. The first-order valence-electron chi connectivity index (χ1n) is 9.63. The van der Waals surface area contributed by atoms with Gasteiger partial charge in [-0.1, -0.05) is 58.4 Å². The van der Waals surface area contributed by atoms with Crippen molar-refractivity contribution in [3.05, 3.63) is 75.3 Å². The number of aliphatic hydroxyl groups excluding tert-OH is 1. The van der Waals surface area contributed by atoms with Gasteiger partial charge in [0.1, 0.15) is 0 Å². The van der Waals surface area contributed by atoms with Crippen LogP contribution in [0.15, 0.2) is 53.0 Å². The maximum Gasteiger partial charge on any atom is 0.0738 e. The van der Waals surface area contributed by atoms with E-state index in [-0.39, 0.29) is 30.0 Å². The molecule has 1 heterocycles. The summed E-state index contributed by atoms with van der Waals surface area (Å²) in [6.45, 7) is 2.12. The van der Waals surface area contributed by atoms with Crippen LogP contribution < -0.4 is 0 Å². The lowest BCUT2D eigenvalue weighted by Crippen LogP contribution is -2.53. The highest BCUT2D eigenvalue weighted by Crippen LogP contribution is 2.45. The molecule has 27 heavy (non-hydrogen) atoms. The molecule has 2 aromatic rings. The highest BCUT2D eigenvalue weighted by molar-refractivity contribution is 9.10. The molecule has 1 N–H and O–H groups in total. The van der Waals surface area contributed by atoms with Crippen LogP contribution in [0.1, 0.15) is 35.1 Å². The lowest BCUT2D eigenvalue weighted by atomic mass is 9.73. The van der Waals surface area contributed by atoms with E-state index in [1.807, 2.05) is 0 Å². The van der Waals surface area contributed by atoms with Gasteiger partial charge in [-0.25, -0.2) is 0 Å². The normalized spacial score (nSPS) is 25.7. The monoisotopic (exact) mass is 445 g/mol. The summed E-state index contributed by atoms with van der Waals surface area (Å²) in [4.78, 5) is 2.54. The Balaban J connectivity index is 0.00000180. The zero-order chi connectivity index (χ0) is 17.7. The van der Waals surface area contributed by atoms with Crippen LogP contribution >= 0.6 is 28.3 Å². The van der Waals surface area contributed by atoms with Crippen LogP contribution in [-0.4, -0.2) is 35.2 Å². The Morgan fingerprint density at radius 1 is 1.00 bits per heavy atom. The molecular formula is C23H25BrClNO. The van der Waals surface area contributed by atoms with Crippen LogP contribution in [0.2, 0.25) is 0 Å². The van der Waals surface area contributed by atoms with E-state index in [1.165, 1.54) is 22.3 Å². The highest BCUT2D eigenvalue weighted by Gasteiger charge is 2.41. The largest absolute Gasteiger partial charge is 0.391 e. The summed E-state index contributed by atoms with van der Waals surface area (Å²) in [6.07, 6.45) is 8.52. The number of nitrogens with zero attached hydrogens (tertiary/aromatic N) is 1. The van der Waals surface area contributed by atoms with Gasteiger partial charge in [0.2, 0.25) is 0 Å². The van der Waals surface area contributed by atoms with Crippen molar-refractivity contribution in [1.82, 2.24) is 4.90 Å². The molecule has 0 saturated carbocycles. The van der Waals surface area contributed by atoms with Gasteiger partial charge in [0.05, 0.1) is 6.10 Å². The van der Waals surface area contributed by atoms with Crippen molar-refractivity contribution >= 4 is 34.4 Å². The molecule has 2 nitrogen and oxygen atoms in total. The Labute approximate surface area is 175 Å². The average Bonchev–Trinajstić information content (AvgIpc) is 2.99. The van der Waals surface area contributed by atoms with Crippen LogP contribution in [0, 0.1) is 0 Å². The first kappa shape index (κ1) is 19.2. The lowest BCUT2D eigenvalue weighted by molar-refractivity contribution is 0.0237. The summed E-state index contributed by atoms with van der Waals surface area (Å²) < 4.78 is 1.15. The molecule has 0 bridgehead atoms. The van der Waals surface area contributed by atoms with Gasteiger partial charge in [0.15, 0.2) is 0 Å². The number of aliphatic hydroxyl groups is 1.